The molecule has 4 aromatic rings. The van der Waals surface area contributed by atoms with Crippen molar-refractivity contribution in [3.63, 3.8) is 0 Å². The number of furan rings is 1. The van der Waals surface area contributed by atoms with E-state index in [1.165, 1.54) is 35.2 Å². The van der Waals surface area contributed by atoms with Crippen LogP contribution in [0, 0.1) is 14.9 Å². The topological polar surface area (TPSA) is 111 Å². The van der Waals surface area contributed by atoms with Gasteiger partial charge in [0.05, 0.1) is 11.1 Å². The van der Waals surface area contributed by atoms with Crippen LogP contribution in [0.2, 0.25) is 0 Å². The molecule has 1 N–H and O–H groups in total. The molecule has 0 aliphatic heterocycles. The predicted octanol–water partition coefficient (Wildman–Crippen LogP) is 5.26. The number of hydrogen-bond acceptors (Lipinski definition) is 7. The van der Waals surface area contributed by atoms with Crippen molar-refractivity contribution in [2.75, 3.05) is 0 Å². The van der Waals surface area contributed by atoms with Gasteiger partial charge in [-0.1, -0.05) is 0 Å². The number of aromatic nitrogens is 3. The Morgan fingerprint density at radius 3 is 2.47 bits per heavy atom. The van der Waals surface area contributed by atoms with Gasteiger partial charge in [-0.2, -0.15) is 23.7 Å². The summed E-state index contributed by atoms with van der Waals surface area (Å²) in [6, 6.07) is 15.2. The SMILES string of the molecule is O=[N+]([O-])c1ccc(-c2ccc(C=Nn3c(-c4ccc(OC(F)F)cc4)n[nH]c3=S)o2)cc1. The number of halogens is 2. The van der Waals surface area contributed by atoms with Crippen LogP contribution in [-0.2, 0) is 0 Å². The van der Waals surface area contributed by atoms with Crippen LogP contribution < -0.4 is 4.74 Å². The van der Waals surface area contributed by atoms with Gasteiger partial charge in [-0.25, -0.2) is 5.10 Å². The number of nitro groups is 1. The zero-order valence-corrected chi connectivity index (χ0v) is 16.8. The van der Waals surface area contributed by atoms with E-state index in [0.717, 1.165) is 0 Å². The van der Waals surface area contributed by atoms with E-state index in [1.54, 1.807) is 36.4 Å². The third kappa shape index (κ3) is 4.59. The average Bonchev–Trinajstić information content (AvgIpc) is 3.39. The van der Waals surface area contributed by atoms with Gasteiger partial charge in [-0.3, -0.25) is 10.1 Å². The summed E-state index contributed by atoms with van der Waals surface area (Å²) in [5.74, 6) is 1.29. The number of hydrogen-bond donors (Lipinski definition) is 1. The number of nitro benzene ring substituents is 1. The number of ether oxygens (including phenoxy) is 1. The zero-order valence-electron chi connectivity index (χ0n) is 16.0. The quantitative estimate of drug-likeness (QED) is 0.175. The first-order valence-corrected chi connectivity index (χ1v) is 9.43. The molecule has 4 rings (SSSR count). The molecule has 0 aliphatic carbocycles. The lowest BCUT2D eigenvalue weighted by Crippen LogP contribution is -2.01. The summed E-state index contributed by atoms with van der Waals surface area (Å²) in [5, 5.41) is 21.8. The second-order valence-electron chi connectivity index (χ2n) is 6.32. The maximum Gasteiger partial charge on any atom is 0.387 e. The molecule has 2 aromatic heterocycles. The zero-order chi connectivity index (χ0) is 22.7. The summed E-state index contributed by atoms with van der Waals surface area (Å²) >= 11 is 5.21. The van der Waals surface area contributed by atoms with Crippen molar-refractivity contribution in [2.45, 2.75) is 6.61 Å². The first-order valence-electron chi connectivity index (χ1n) is 9.02. The first-order chi connectivity index (χ1) is 15.4. The lowest BCUT2D eigenvalue weighted by molar-refractivity contribution is -0.384. The van der Waals surface area contributed by atoms with Crippen LogP contribution in [0.25, 0.3) is 22.7 Å². The van der Waals surface area contributed by atoms with Crippen LogP contribution in [0.3, 0.4) is 0 Å². The Balaban J connectivity index is 1.55. The molecule has 0 amide bonds. The average molecular weight is 457 g/mol. The molecule has 0 spiro atoms. The highest BCUT2D eigenvalue weighted by molar-refractivity contribution is 7.71. The highest BCUT2D eigenvalue weighted by atomic mass is 32.1. The Morgan fingerprint density at radius 1 is 1.12 bits per heavy atom. The third-order valence-corrected chi connectivity index (χ3v) is 4.54. The highest BCUT2D eigenvalue weighted by Gasteiger charge is 2.11. The second-order valence-corrected chi connectivity index (χ2v) is 6.70. The van der Waals surface area contributed by atoms with Gasteiger partial charge < -0.3 is 9.15 Å². The van der Waals surface area contributed by atoms with Crippen molar-refractivity contribution in [3.8, 4) is 28.5 Å². The van der Waals surface area contributed by atoms with Crippen molar-refractivity contribution in [3.05, 3.63) is 81.3 Å². The largest absolute Gasteiger partial charge is 0.455 e. The Bertz CT molecular complexity index is 1330. The number of nitrogens with one attached hydrogen (secondary N) is 1. The van der Waals surface area contributed by atoms with Gasteiger partial charge in [-0.15, -0.1) is 0 Å². The van der Waals surface area contributed by atoms with Crippen molar-refractivity contribution in [1.82, 2.24) is 14.9 Å². The Labute approximate surface area is 183 Å². The van der Waals surface area contributed by atoms with E-state index in [0.29, 0.717) is 28.5 Å². The standard InChI is InChI=1S/C20H13F2N5O4S/c21-19(22)31-15-7-3-13(4-8-15)18-24-25-20(32)26(18)23-11-16-9-10-17(30-16)12-1-5-14(6-2-12)27(28)29/h1-11,19H,(H,25,32). The smallest absolute Gasteiger partial charge is 0.387 e. The molecule has 0 radical (unpaired) electrons. The van der Waals surface area contributed by atoms with E-state index in [1.807, 2.05) is 0 Å². The Kier molecular flexibility index (Phi) is 5.85. The number of alkyl halides is 2. The number of benzene rings is 2. The van der Waals surface area contributed by atoms with Crippen LogP contribution >= 0.6 is 12.2 Å². The van der Waals surface area contributed by atoms with Gasteiger partial charge in [0, 0.05) is 23.3 Å². The van der Waals surface area contributed by atoms with E-state index in [-0.39, 0.29) is 16.2 Å². The molecular weight excluding hydrogens is 444 g/mol. The number of H-pyrrole nitrogens is 1. The maximum atomic E-state index is 12.3. The molecule has 9 nitrogen and oxygen atoms in total. The molecule has 162 valence electrons. The van der Waals surface area contributed by atoms with Gasteiger partial charge in [0.1, 0.15) is 17.3 Å². The second kappa shape index (κ2) is 8.89. The van der Waals surface area contributed by atoms with Crippen LogP contribution in [0.4, 0.5) is 14.5 Å². The summed E-state index contributed by atoms with van der Waals surface area (Å²) in [7, 11) is 0. The minimum absolute atomic E-state index is 0.0160. The molecule has 12 heteroatoms. The van der Waals surface area contributed by atoms with Crippen molar-refractivity contribution in [2.24, 2.45) is 5.10 Å². The number of nitrogens with zero attached hydrogens (tertiary/aromatic N) is 4. The van der Waals surface area contributed by atoms with Gasteiger partial charge in [0.2, 0.25) is 4.77 Å². The molecule has 32 heavy (non-hydrogen) atoms. The summed E-state index contributed by atoms with van der Waals surface area (Å²) in [6.07, 6.45) is 1.43. The Morgan fingerprint density at radius 2 is 1.81 bits per heavy atom. The van der Waals surface area contributed by atoms with Crippen molar-refractivity contribution >= 4 is 24.1 Å². The molecular formula is C20H13F2N5O4S. The molecule has 0 fully saturated rings. The minimum Gasteiger partial charge on any atom is -0.455 e. The van der Waals surface area contributed by atoms with Crippen LogP contribution in [-0.4, -0.2) is 32.6 Å². The maximum absolute atomic E-state index is 12.3. The molecule has 0 unspecified atom stereocenters. The summed E-state index contributed by atoms with van der Waals surface area (Å²) in [4.78, 5) is 10.3. The fourth-order valence-electron chi connectivity index (χ4n) is 2.81. The molecule has 2 heterocycles. The van der Waals surface area contributed by atoms with E-state index >= 15 is 0 Å². The number of aromatic amines is 1. The summed E-state index contributed by atoms with van der Waals surface area (Å²) < 4.78 is 36.3. The first kappa shape index (κ1) is 21.1. The predicted molar refractivity (Wildman–Crippen MR) is 113 cm³/mol. The van der Waals surface area contributed by atoms with Gasteiger partial charge in [0.25, 0.3) is 5.69 Å². The fourth-order valence-corrected chi connectivity index (χ4v) is 2.99. The van der Waals surface area contributed by atoms with Crippen LogP contribution in [0.15, 0.2) is 70.2 Å². The highest BCUT2D eigenvalue weighted by Crippen LogP contribution is 2.25. The number of non-ortho nitro benzene ring substituents is 1. The molecule has 2 aromatic carbocycles. The van der Waals surface area contributed by atoms with Gasteiger partial charge in [0.15, 0.2) is 5.82 Å². The van der Waals surface area contributed by atoms with Gasteiger partial charge >= 0.3 is 6.61 Å². The van der Waals surface area contributed by atoms with Gasteiger partial charge in [-0.05, 0) is 60.7 Å². The van der Waals surface area contributed by atoms with Crippen molar-refractivity contribution in [1.29, 1.82) is 0 Å². The van der Waals surface area contributed by atoms with Crippen LogP contribution in [0.5, 0.6) is 5.75 Å². The van der Waals surface area contributed by atoms with E-state index in [9.17, 15) is 18.9 Å². The Hall–Kier alpha value is -4.19. The van der Waals surface area contributed by atoms with E-state index in [2.05, 4.69) is 20.0 Å². The lowest BCUT2D eigenvalue weighted by Gasteiger charge is -2.05. The monoisotopic (exact) mass is 457 g/mol. The minimum atomic E-state index is -2.91. The summed E-state index contributed by atoms with van der Waals surface area (Å²) in [5.41, 5.74) is 1.22. The summed E-state index contributed by atoms with van der Waals surface area (Å²) in [6.45, 7) is -2.91. The van der Waals surface area contributed by atoms with E-state index < -0.39 is 11.5 Å². The molecule has 0 saturated carbocycles. The van der Waals surface area contributed by atoms with Crippen molar-refractivity contribution < 1.29 is 22.9 Å². The molecule has 0 bridgehead atoms. The number of rotatable bonds is 7. The fraction of sp³-hybridized carbons (Fsp3) is 0.0500. The van der Waals surface area contributed by atoms with E-state index in [4.69, 9.17) is 16.6 Å². The molecule has 0 saturated heterocycles. The molecule has 0 aliphatic rings. The lowest BCUT2D eigenvalue weighted by atomic mass is 10.1. The third-order valence-electron chi connectivity index (χ3n) is 4.28. The van der Waals surface area contributed by atoms with Crippen LogP contribution in [0.1, 0.15) is 5.76 Å². The molecule has 0 atom stereocenters. The normalized spacial score (nSPS) is 11.3.